The van der Waals surface area contributed by atoms with Crippen molar-refractivity contribution >= 4 is 0 Å². The van der Waals surface area contributed by atoms with E-state index in [1.54, 1.807) is 0 Å². The molecule has 0 radical (unpaired) electrons. The van der Waals surface area contributed by atoms with Crippen LogP contribution in [0.15, 0.2) is 0 Å². The first-order valence-corrected chi connectivity index (χ1v) is 5.40. The van der Waals surface area contributed by atoms with Crippen LogP contribution in [0.2, 0.25) is 0 Å². The number of piperidine rings is 1. The zero-order chi connectivity index (χ0) is 9.31. The van der Waals surface area contributed by atoms with Gasteiger partial charge in [0.15, 0.2) is 0 Å². The summed E-state index contributed by atoms with van der Waals surface area (Å²) in [7, 11) is 0. The van der Waals surface area contributed by atoms with Crippen LogP contribution in [0, 0.1) is 0 Å². The minimum Gasteiger partial charge on any atom is -0.390 e. The monoisotopic (exact) mass is 184 g/mol. The first-order valence-electron chi connectivity index (χ1n) is 5.40. The highest BCUT2D eigenvalue weighted by molar-refractivity contribution is 4.94. The van der Waals surface area contributed by atoms with Crippen molar-refractivity contribution in [2.75, 3.05) is 19.6 Å². The summed E-state index contributed by atoms with van der Waals surface area (Å²) in [6, 6.07) is 0.644. The first-order chi connectivity index (χ1) is 6.23. The third-order valence-electron chi connectivity index (χ3n) is 3.59. The van der Waals surface area contributed by atoms with E-state index >= 15 is 0 Å². The van der Waals surface area contributed by atoms with Crippen molar-refractivity contribution in [1.82, 2.24) is 4.90 Å². The van der Waals surface area contributed by atoms with Crippen molar-refractivity contribution in [2.45, 2.75) is 43.7 Å². The van der Waals surface area contributed by atoms with Crippen LogP contribution in [0.3, 0.4) is 0 Å². The van der Waals surface area contributed by atoms with Crippen molar-refractivity contribution in [2.24, 2.45) is 5.73 Å². The van der Waals surface area contributed by atoms with Gasteiger partial charge in [0.1, 0.15) is 0 Å². The van der Waals surface area contributed by atoms with Crippen molar-refractivity contribution in [1.29, 1.82) is 0 Å². The van der Waals surface area contributed by atoms with Gasteiger partial charge in [-0.25, -0.2) is 0 Å². The molecule has 2 atom stereocenters. The van der Waals surface area contributed by atoms with E-state index in [-0.39, 0.29) is 0 Å². The molecule has 0 spiro atoms. The Kier molecular flexibility index (Phi) is 2.58. The SMILES string of the molecule is NCCC1(O)CCN2CCCC2C1. The van der Waals surface area contributed by atoms with Crippen LogP contribution in [0.25, 0.3) is 0 Å². The molecular weight excluding hydrogens is 164 g/mol. The molecule has 0 aliphatic carbocycles. The molecule has 3 nitrogen and oxygen atoms in total. The highest BCUT2D eigenvalue weighted by atomic mass is 16.3. The van der Waals surface area contributed by atoms with Crippen molar-refractivity contribution < 1.29 is 5.11 Å². The average molecular weight is 184 g/mol. The molecule has 0 aromatic heterocycles. The maximum absolute atomic E-state index is 10.2. The van der Waals surface area contributed by atoms with Gasteiger partial charge < -0.3 is 15.7 Å². The minimum absolute atomic E-state index is 0.444. The predicted octanol–water partition coefficient (Wildman–Crippen LogP) is 0.324. The summed E-state index contributed by atoms with van der Waals surface area (Å²) < 4.78 is 0. The van der Waals surface area contributed by atoms with E-state index in [1.807, 2.05) is 0 Å². The van der Waals surface area contributed by atoms with Gasteiger partial charge in [-0.1, -0.05) is 0 Å². The summed E-state index contributed by atoms with van der Waals surface area (Å²) >= 11 is 0. The van der Waals surface area contributed by atoms with Crippen LogP contribution in [0.5, 0.6) is 0 Å². The third kappa shape index (κ3) is 1.87. The predicted molar refractivity (Wildman–Crippen MR) is 52.5 cm³/mol. The van der Waals surface area contributed by atoms with Crippen LogP contribution >= 0.6 is 0 Å². The largest absolute Gasteiger partial charge is 0.390 e. The Hall–Kier alpha value is -0.120. The molecule has 76 valence electrons. The fraction of sp³-hybridized carbons (Fsp3) is 1.00. The number of hydrogen-bond donors (Lipinski definition) is 2. The second-order valence-corrected chi connectivity index (χ2v) is 4.55. The molecule has 3 N–H and O–H groups in total. The van der Waals surface area contributed by atoms with Gasteiger partial charge in [-0.3, -0.25) is 0 Å². The van der Waals surface area contributed by atoms with Crippen molar-refractivity contribution in [3.8, 4) is 0 Å². The molecule has 2 aliphatic heterocycles. The number of aliphatic hydroxyl groups is 1. The Bertz CT molecular complexity index is 186. The number of rotatable bonds is 2. The number of nitrogens with zero attached hydrogens (tertiary/aromatic N) is 1. The number of hydrogen-bond acceptors (Lipinski definition) is 3. The lowest BCUT2D eigenvalue weighted by molar-refractivity contribution is -0.0400. The highest BCUT2D eigenvalue weighted by Gasteiger charge is 2.39. The maximum Gasteiger partial charge on any atom is 0.0686 e. The van der Waals surface area contributed by atoms with Crippen molar-refractivity contribution in [3.63, 3.8) is 0 Å². The van der Waals surface area contributed by atoms with E-state index in [4.69, 9.17) is 5.73 Å². The molecule has 0 amide bonds. The quantitative estimate of drug-likeness (QED) is 0.650. The molecule has 3 heteroatoms. The molecule has 2 heterocycles. The van der Waals surface area contributed by atoms with Crippen LogP contribution in [0.4, 0.5) is 0 Å². The Morgan fingerprint density at radius 1 is 1.46 bits per heavy atom. The summed E-state index contributed by atoms with van der Waals surface area (Å²) in [5.41, 5.74) is 5.06. The van der Waals surface area contributed by atoms with E-state index in [1.165, 1.54) is 19.4 Å². The molecule has 2 rings (SSSR count). The minimum atomic E-state index is -0.444. The maximum atomic E-state index is 10.2. The molecule has 0 saturated carbocycles. The third-order valence-corrected chi connectivity index (χ3v) is 3.59. The zero-order valence-electron chi connectivity index (χ0n) is 8.21. The van der Waals surface area contributed by atoms with Gasteiger partial charge in [0.25, 0.3) is 0 Å². The van der Waals surface area contributed by atoms with Crippen LogP contribution in [-0.4, -0.2) is 41.3 Å². The summed E-state index contributed by atoms with van der Waals surface area (Å²) in [5.74, 6) is 0. The molecule has 2 unspecified atom stereocenters. The van der Waals surface area contributed by atoms with Crippen LogP contribution < -0.4 is 5.73 Å². The first kappa shape index (κ1) is 9.44. The number of fused-ring (bicyclic) bond motifs is 1. The van der Waals surface area contributed by atoms with E-state index in [2.05, 4.69) is 4.90 Å². The van der Waals surface area contributed by atoms with Gasteiger partial charge in [0.05, 0.1) is 5.60 Å². The fourth-order valence-electron chi connectivity index (χ4n) is 2.81. The Balaban J connectivity index is 1.95. The Morgan fingerprint density at radius 3 is 3.08 bits per heavy atom. The van der Waals surface area contributed by atoms with Crippen molar-refractivity contribution in [3.05, 3.63) is 0 Å². The normalized spacial score (nSPS) is 40.6. The fourth-order valence-corrected chi connectivity index (χ4v) is 2.81. The van der Waals surface area contributed by atoms with Gasteiger partial charge >= 0.3 is 0 Å². The summed E-state index contributed by atoms with van der Waals surface area (Å²) in [4.78, 5) is 2.52. The van der Waals surface area contributed by atoms with Gasteiger partial charge in [-0.15, -0.1) is 0 Å². The summed E-state index contributed by atoms with van der Waals surface area (Å²) in [5, 5.41) is 10.2. The molecular formula is C10H20N2O. The molecule has 0 aromatic carbocycles. The topological polar surface area (TPSA) is 49.5 Å². The Morgan fingerprint density at radius 2 is 2.31 bits per heavy atom. The second-order valence-electron chi connectivity index (χ2n) is 4.55. The van der Waals surface area contributed by atoms with E-state index in [9.17, 15) is 5.11 Å². The van der Waals surface area contributed by atoms with Gasteiger partial charge in [0.2, 0.25) is 0 Å². The summed E-state index contributed by atoms with van der Waals surface area (Å²) in [6.45, 7) is 2.92. The lowest BCUT2D eigenvalue weighted by atomic mass is 9.84. The standard InChI is InChI=1S/C10H20N2O/c11-5-3-10(13)4-7-12-6-1-2-9(12)8-10/h9,13H,1-8,11H2. The van der Waals surface area contributed by atoms with Crippen LogP contribution in [-0.2, 0) is 0 Å². The highest BCUT2D eigenvalue weighted by Crippen LogP contribution is 2.34. The Labute approximate surface area is 79.9 Å². The van der Waals surface area contributed by atoms with E-state index in [0.717, 1.165) is 25.8 Å². The molecule has 0 bridgehead atoms. The van der Waals surface area contributed by atoms with Gasteiger partial charge in [-0.2, -0.15) is 0 Å². The van der Waals surface area contributed by atoms with E-state index in [0.29, 0.717) is 12.6 Å². The van der Waals surface area contributed by atoms with Gasteiger partial charge in [0, 0.05) is 12.6 Å². The van der Waals surface area contributed by atoms with Crippen LogP contribution in [0.1, 0.15) is 32.1 Å². The molecule has 2 saturated heterocycles. The smallest absolute Gasteiger partial charge is 0.0686 e. The molecule has 2 fully saturated rings. The number of nitrogens with two attached hydrogens (primary N) is 1. The molecule has 13 heavy (non-hydrogen) atoms. The molecule has 0 aromatic rings. The molecule has 2 aliphatic rings. The van der Waals surface area contributed by atoms with Gasteiger partial charge in [-0.05, 0) is 45.2 Å². The lowest BCUT2D eigenvalue weighted by Gasteiger charge is -2.40. The lowest BCUT2D eigenvalue weighted by Crippen LogP contribution is -2.48. The zero-order valence-corrected chi connectivity index (χ0v) is 8.21. The second kappa shape index (κ2) is 3.56. The van der Waals surface area contributed by atoms with E-state index < -0.39 is 5.60 Å². The average Bonchev–Trinajstić information content (AvgIpc) is 2.50. The summed E-state index contributed by atoms with van der Waals surface area (Å²) in [6.07, 6.45) is 5.22.